The van der Waals surface area contributed by atoms with Crippen LogP contribution in [0.5, 0.6) is 5.75 Å². The van der Waals surface area contributed by atoms with Gasteiger partial charge >= 0.3 is 0 Å². The van der Waals surface area contributed by atoms with Crippen molar-refractivity contribution in [2.75, 3.05) is 14.2 Å². The van der Waals surface area contributed by atoms with Crippen molar-refractivity contribution in [2.45, 2.75) is 26.6 Å². The average Bonchev–Trinajstić information content (AvgIpc) is 3.36. The molecule has 4 aromatic rings. The van der Waals surface area contributed by atoms with Gasteiger partial charge in [0.25, 0.3) is 0 Å². The average molecular weight is 560 g/mol. The minimum atomic E-state index is 0. The number of halogens is 1. The third kappa shape index (κ3) is 6.04. The smallest absolute Gasteiger partial charge is 0.194 e. The number of fused-ring (bicyclic) bond motifs is 1. The highest BCUT2D eigenvalue weighted by atomic mass is 127. The lowest BCUT2D eigenvalue weighted by Gasteiger charge is -2.21. The van der Waals surface area contributed by atoms with Crippen LogP contribution < -0.4 is 10.1 Å². The van der Waals surface area contributed by atoms with Crippen LogP contribution in [0.4, 0.5) is 0 Å². The van der Waals surface area contributed by atoms with Crippen molar-refractivity contribution in [2.24, 2.45) is 12.0 Å². The van der Waals surface area contributed by atoms with Gasteiger partial charge in [0.15, 0.2) is 11.8 Å². The molecule has 0 aliphatic heterocycles. The Bertz CT molecular complexity index is 1180. The summed E-state index contributed by atoms with van der Waals surface area (Å²) in [5.74, 6) is 4.17. The molecule has 9 heteroatoms. The zero-order valence-electron chi connectivity index (χ0n) is 19.3. The monoisotopic (exact) mass is 560 g/mol. The van der Waals surface area contributed by atoms with Gasteiger partial charge in [-0.15, -0.1) is 34.2 Å². The predicted molar refractivity (Wildman–Crippen MR) is 140 cm³/mol. The predicted octanol–water partition coefficient (Wildman–Crippen LogP) is 4.27. The molecule has 0 spiro atoms. The first-order valence-corrected chi connectivity index (χ1v) is 10.5. The molecule has 0 aliphatic carbocycles. The fourth-order valence-electron chi connectivity index (χ4n) is 3.40. The molecule has 0 radical (unpaired) electrons. The highest BCUT2D eigenvalue weighted by Gasteiger charge is 2.13. The lowest BCUT2D eigenvalue weighted by Crippen LogP contribution is -2.38. The highest BCUT2D eigenvalue weighted by Crippen LogP contribution is 2.20. The molecule has 2 aromatic heterocycles. The zero-order chi connectivity index (χ0) is 22.5. The van der Waals surface area contributed by atoms with E-state index in [0.29, 0.717) is 19.6 Å². The van der Waals surface area contributed by atoms with Gasteiger partial charge in [-0.2, -0.15) is 0 Å². The minimum Gasteiger partial charge on any atom is -0.497 e. The van der Waals surface area contributed by atoms with E-state index in [0.717, 1.165) is 45.7 Å². The molecule has 0 bridgehead atoms. The second-order valence-corrected chi connectivity index (χ2v) is 7.67. The molecule has 0 fully saturated rings. The number of ether oxygens (including phenoxy) is 1. The fraction of sp³-hybridized carbons (Fsp3) is 0.292. The third-order valence-electron chi connectivity index (χ3n) is 5.39. The number of aryl methyl sites for hydroxylation is 1. The number of rotatable bonds is 7. The number of benzene rings is 2. The van der Waals surface area contributed by atoms with Crippen LogP contribution in [0.2, 0.25) is 0 Å². The van der Waals surface area contributed by atoms with E-state index in [1.807, 2.05) is 73.0 Å². The first kappa shape index (κ1) is 24.6. The Morgan fingerprint density at radius 2 is 1.91 bits per heavy atom. The summed E-state index contributed by atoms with van der Waals surface area (Å²) in [6.07, 6.45) is 0. The number of aromatic nitrogens is 3. The summed E-state index contributed by atoms with van der Waals surface area (Å²) < 4.78 is 13.2. The van der Waals surface area contributed by atoms with Crippen LogP contribution in [0.15, 0.2) is 64.0 Å². The van der Waals surface area contributed by atoms with E-state index >= 15 is 0 Å². The van der Waals surface area contributed by atoms with Crippen molar-refractivity contribution in [1.82, 2.24) is 25.0 Å². The summed E-state index contributed by atoms with van der Waals surface area (Å²) in [5, 5.41) is 12.9. The molecule has 2 heterocycles. The first-order chi connectivity index (χ1) is 15.5. The van der Waals surface area contributed by atoms with Crippen LogP contribution in [0.3, 0.4) is 0 Å². The van der Waals surface area contributed by atoms with E-state index in [1.54, 1.807) is 7.11 Å². The van der Waals surface area contributed by atoms with Crippen LogP contribution in [0.25, 0.3) is 11.0 Å². The van der Waals surface area contributed by atoms with Crippen LogP contribution >= 0.6 is 24.0 Å². The lowest BCUT2D eigenvalue weighted by atomic mass is 10.2. The number of furan rings is 1. The Balaban J connectivity index is 0.00000306. The normalized spacial score (nSPS) is 11.3. The zero-order valence-corrected chi connectivity index (χ0v) is 21.6. The van der Waals surface area contributed by atoms with Crippen LogP contribution in [-0.4, -0.2) is 39.8 Å². The number of para-hydroxylation sites is 1. The Kier molecular flexibility index (Phi) is 8.32. The second kappa shape index (κ2) is 11.2. The molecular formula is C24H29IN6O2. The molecule has 0 saturated heterocycles. The lowest BCUT2D eigenvalue weighted by molar-refractivity contribution is 0.410. The van der Waals surface area contributed by atoms with Gasteiger partial charge in [-0.1, -0.05) is 30.3 Å². The molecule has 0 amide bonds. The van der Waals surface area contributed by atoms with Gasteiger partial charge in [0.05, 0.1) is 26.7 Å². The molecule has 2 aromatic carbocycles. The molecule has 0 aliphatic rings. The number of guanidine groups is 1. The molecule has 174 valence electrons. The van der Waals surface area contributed by atoms with Gasteiger partial charge in [-0.25, -0.2) is 4.99 Å². The number of methoxy groups -OCH3 is 1. The van der Waals surface area contributed by atoms with Crippen molar-refractivity contribution in [3.05, 3.63) is 77.6 Å². The number of hydrogen-bond acceptors (Lipinski definition) is 5. The summed E-state index contributed by atoms with van der Waals surface area (Å²) in [5.41, 5.74) is 1.98. The van der Waals surface area contributed by atoms with E-state index in [4.69, 9.17) is 14.1 Å². The van der Waals surface area contributed by atoms with E-state index < -0.39 is 0 Å². The van der Waals surface area contributed by atoms with Crippen LogP contribution in [0.1, 0.15) is 23.0 Å². The fourth-order valence-corrected chi connectivity index (χ4v) is 3.40. The maximum atomic E-state index is 6.00. The SMILES string of the molecule is COc1ccc(CN=C(NCc2nnc(C)n2C)N(C)Cc2cc3ccccc3o2)cc1.I. The Hall–Kier alpha value is -3.08. The van der Waals surface area contributed by atoms with Gasteiger partial charge in [-0.3, -0.25) is 0 Å². The third-order valence-corrected chi connectivity index (χ3v) is 5.39. The van der Waals surface area contributed by atoms with Crippen molar-refractivity contribution >= 4 is 40.9 Å². The van der Waals surface area contributed by atoms with Crippen molar-refractivity contribution in [3.8, 4) is 5.75 Å². The Morgan fingerprint density at radius 3 is 2.58 bits per heavy atom. The quantitative estimate of drug-likeness (QED) is 0.207. The number of nitrogens with zero attached hydrogens (tertiary/aromatic N) is 5. The second-order valence-electron chi connectivity index (χ2n) is 7.67. The van der Waals surface area contributed by atoms with Gasteiger partial charge in [0.1, 0.15) is 22.9 Å². The molecule has 33 heavy (non-hydrogen) atoms. The summed E-state index contributed by atoms with van der Waals surface area (Å²) in [7, 11) is 5.62. The summed E-state index contributed by atoms with van der Waals surface area (Å²) >= 11 is 0. The summed E-state index contributed by atoms with van der Waals surface area (Å²) in [6.45, 7) is 3.57. The van der Waals surface area contributed by atoms with E-state index in [9.17, 15) is 0 Å². The van der Waals surface area contributed by atoms with Crippen molar-refractivity contribution in [3.63, 3.8) is 0 Å². The highest BCUT2D eigenvalue weighted by molar-refractivity contribution is 14.0. The van der Waals surface area contributed by atoms with Crippen LogP contribution in [-0.2, 0) is 26.7 Å². The molecule has 4 rings (SSSR count). The van der Waals surface area contributed by atoms with Gasteiger partial charge < -0.3 is 23.9 Å². The largest absolute Gasteiger partial charge is 0.497 e. The molecule has 0 atom stereocenters. The molecule has 0 unspecified atom stereocenters. The molecule has 8 nitrogen and oxygen atoms in total. The summed E-state index contributed by atoms with van der Waals surface area (Å²) in [6, 6.07) is 18.0. The standard InChI is InChI=1S/C24H28N6O2.HI/c1-17-27-28-23(30(17)3)15-26-24(25-14-18-9-11-20(31-4)12-10-18)29(2)16-21-13-19-7-5-6-8-22(19)32-21;/h5-13H,14-16H2,1-4H3,(H,25,26);1H. The van der Waals surface area contributed by atoms with Gasteiger partial charge in [-0.05, 0) is 36.8 Å². The van der Waals surface area contributed by atoms with Crippen LogP contribution in [0, 0.1) is 6.92 Å². The van der Waals surface area contributed by atoms with E-state index in [2.05, 4.69) is 27.6 Å². The minimum absolute atomic E-state index is 0. The Labute approximate surface area is 210 Å². The van der Waals surface area contributed by atoms with Gasteiger partial charge in [0.2, 0.25) is 0 Å². The molecule has 0 saturated carbocycles. The maximum absolute atomic E-state index is 6.00. The van der Waals surface area contributed by atoms with E-state index in [1.165, 1.54) is 0 Å². The molecule has 1 N–H and O–H groups in total. The summed E-state index contributed by atoms with van der Waals surface area (Å²) in [4.78, 5) is 6.89. The molecular weight excluding hydrogens is 531 g/mol. The van der Waals surface area contributed by atoms with E-state index in [-0.39, 0.29) is 24.0 Å². The first-order valence-electron chi connectivity index (χ1n) is 10.5. The van der Waals surface area contributed by atoms with Crippen molar-refractivity contribution in [1.29, 1.82) is 0 Å². The van der Waals surface area contributed by atoms with Gasteiger partial charge in [0, 0.05) is 19.5 Å². The topological polar surface area (TPSA) is 80.7 Å². The number of hydrogen-bond donors (Lipinski definition) is 1. The Morgan fingerprint density at radius 1 is 1.15 bits per heavy atom. The number of aliphatic imine (C=N–C) groups is 1. The number of nitrogens with one attached hydrogen (secondary N) is 1. The maximum Gasteiger partial charge on any atom is 0.194 e. The van der Waals surface area contributed by atoms with Crippen molar-refractivity contribution < 1.29 is 9.15 Å².